The number of rotatable bonds is 6. The lowest BCUT2D eigenvalue weighted by molar-refractivity contribution is -0.198. The summed E-state index contributed by atoms with van der Waals surface area (Å²) >= 11 is 0. The van der Waals surface area contributed by atoms with Gasteiger partial charge in [0, 0.05) is 0 Å². The average molecular weight is 282 g/mol. The van der Waals surface area contributed by atoms with Crippen LogP contribution in [0.25, 0.3) is 0 Å². The normalized spacial score (nSPS) is 12.9. The predicted molar refractivity (Wildman–Crippen MR) is 59.4 cm³/mol. The Bertz CT molecular complexity index is 416. The quantitative estimate of drug-likeness (QED) is 0.421. The van der Waals surface area contributed by atoms with E-state index in [1.165, 1.54) is 0 Å². The lowest BCUT2D eigenvalue weighted by Gasteiger charge is -2.15. The van der Waals surface area contributed by atoms with E-state index in [0.717, 1.165) is 0 Å². The van der Waals surface area contributed by atoms with Crippen LogP contribution in [0.15, 0.2) is 0 Å². The van der Waals surface area contributed by atoms with Gasteiger partial charge in [-0.2, -0.15) is 28.1 Å². The maximum absolute atomic E-state index is 12.1. The fourth-order valence-corrected chi connectivity index (χ4v) is 0.997. The Labute approximate surface area is 106 Å². The molecule has 1 heterocycles. The molecule has 0 aliphatic heterocycles. The molecule has 0 saturated carbocycles. The fraction of sp³-hybridized carbons (Fsp3) is 0.625. The van der Waals surface area contributed by atoms with Crippen LogP contribution in [0.3, 0.4) is 0 Å². The first-order chi connectivity index (χ1) is 8.86. The molecule has 0 aromatic carbocycles. The summed E-state index contributed by atoms with van der Waals surface area (Å²) in [5, 5.41) is 11.0. The first-order valence-corrected chi connectivity index (χ1v) is 5.21. The average Bonchev–Trinajstić information content (AvgIpc) is 2.34. The topological polar surface area (TPSA) is 118 Å². The molecule has 8 nitrogen and oxygen atoms in total. The third-order valence-electron chi connectivity index (χ3n) is 1.85. The second kappa shape index (κ2) is 6.33. The van der Waals surface area contributed by atoms with Crippen LogP contribution in [0.2, 0.25) is 0 Å². The predicted octanol–water partition coefficient (Wildman–Crippen LogP) is -0.109. The van der Waals surface area contributed by atoms with Crippen LogP contribution in [0.1, 0.15) is 6.92 Å². The van der Waals surface area contributed by atoms with Crippen LogP contribution < -0.4 is 21.3 Å². The molecule has 11 heteroatoms. The second-order valence-corrected chi connectivity index (χ2v) is 3.28. The SMILES string of the molecule is CCOc1nc(NN)nc(NCC(O)C(F)(F)F)n1. The summed E-state index contributed by atoms with van der Waals surface area (Å²) in [6.45, 7) is 1.14. The summed E-state index contributed by atoms with van der Waals surface area (Å²) in [4.78, 5) is 11.1. The summed E-state index contributed by atoms with van der Waals surface area (Å²) in [7, 11) is 0. The number of nitrogens with zero attached hydrogens (tertiary/aromatic N) is 3. The summed E-state index contributed by atoms with van der Waals surface area (Å²) < 4.78 is 41.3. The number of nitrogen functional groups attached to an aromatic ring is 1. The Morgan fingerprint density at radius 2 is 1.95 bits per heavy atom. The number of alkyl halides is 3. The van der Waals surface area contributed by atoms with Gasteiger partial charge in [-0.05, 0) is 6.92 Å². The highest BCUT2D eigenvalue weighted by Gasteiger charge is 2.38. The first-order valence-electron chi connectivity index (χ1n) is 5.21. The Morgan fingerprint density at radius 1 is 1.32 bits per heavy atom. The largest absolute Gasteiger partial charge is 0.464 e. The van der Waals surface area contributed by atoms with E-state index >= 15 is 0 Å². The zero-order valence-electron chi connectivity index (χ0n) is 9.90. The third-order valence-corrected chi connectivity index (χ3v) is 1.85. The summed E-state index contributed by atoms with van der Waals surface area (Å²) in [6, 6.07) is -0.102. The number of hydrogen-bond acceptors (Lipinski definition) is 8. The molecule has 0 saturated heterocycles. The summed E-state index contributed by atoms with van der Waals surface area (Å²) in [6.07, 6.45) is -7.26. The van der Waals surface area contributed by atoms with Crippen molar-refractivity contribution < 1.29 is 23.0 Å². The highest BCUT2D eigenvalue weighted by molar-refractivity contribution is 5.35. The summed E-state index contributed by atoms with van der Waals surface area (Å²) in [5.41, 5.74) is 2.12. The molecule has 0 radical (unpaired) electrons. The highest BCUT2D eigenvalue weighted by atomic mass is 19.4. The number of ether oxygens (including phenoxy) is 1. The van der Waals surface area contributed by atoms with Crippen LogP contribution in [-0.2, 0) is 0 Å². The van der Waals surface area contributed by atoms with Crippen molar-refractivity contribution in [2.24, 2.45) is 5.84 Å². The maximum atomic E-state index is 12.1. The van der Waals surface area contributed by atoms with Crippen molar-refractivity contribution in [3.05, 3.63) is 0 Å². The Kier molecular flexibility index (Phi) is 5.06. The van der Waals surface area contributed by atoms with Crippen molar-refractivity contribution in [1.29, 1.82) is 0 Å². The van der Waals surface area contributed by atoms with Crippen molar-refractivity contribution in [3.63, 3.8) is 0 Å². The van der Waals surface area contributed by atoms with E-state index in [-0.39, 0.29) is 24.5 Å². The molecular weight excluding hydrogens is 269 g/mol. The molecular formula is C8H13F3N6O2. The van der Waals surface area contributed by atoms with Crippen molar-refractivity contribution >= 4 is 11.9 Å². The number of nitrogens with one attached hydrogen (secondary N) is 2. The zero-order valence-corrected chi connectivity index (χ0v) is 9.90. The Hall–Kier alpha value is -1.88. The Balaban J connectivity index is 2.74. The number of halogens is 3. The summed E-state index contributed by atoms with van der Waals surface area (Å²) in [5.74, 6) is 4.81. The minimum absolute atomic E-state index is 0.0811. The van der Waals surface area contributed by atoms with Gasteiger partial charge < -0.3 is 15.2 Å². The van der Waals surface area contributed by atoms with E-state index in [0.29, 0.717) is 0 Å². The van der Waals surface area contributed by atoms with Crippen LogP contribution in [0.4, 0.5) is 25.1 Å². The first kappa shape index (κ1) is 15.2. The minimum Gasteiger partial charge on any atom is -0.464 e. The van der Waals surface area contributed by atoms with Gasteiger partial charge >= 0.3 is 12.2 Å². The highest BCUT2D eigenvalue weighted by Crippen LogP contribution is 2.20. The van der Waals surface area contributed by atoms with Crippen molar-refractivity contribution in [1.82, 2.24) is 15.0 Å². The van der Waals surface area contributed by atoms with Gasteiger partial charge in [-0.3, -0.25) is 5.43 Å². The van der Waals surface area contributed by atoms with E-state index in [1.807, 2.05) is 0 Å². The number of hydrazine groups is 1. The number of hydrogen-bond donors (Lipinski definition) is 4. The molecule has 0 bridgehead atoms. The number of aliphatic hydroxyl groups is 1. The molecule has 5 N–H and O–H groups in total. The van der Waals surface area contributed by atoms with Crippen molar-refractivity contribution in [2.75, 3.05) is 23.9 Å². The van der Waals surface area contributed by atoms with E-state index in [9.17, 15) is 13.2 Å². The molecule has 1 aromatic heterocycles. The van der Waals surface area contributed by atoms with Crippen LogP contribution in [0.5, 0.6) is 6.01 Å². The smallest absolute Gasteiger partial charge is 0.416 e. The van der Waals surface area contributed by atoms with E-state index in [2.05, 4.69) is 25.7 Å². The van der Waals surface area contributed by atoms with Gasteiger partial charge in [0.2, 0.25) is 11.9 Å². The van der Waals surface area contributed by atoms with E-state index in [4.69, 9.17) is 15.7 Å². The molecule has 19 heavy (non-hydrogen) atoms. The van der Waals surface area contributed by atoms with Crippen molar-refractivity contribution in [2.45, 2.75) is 19.2 Å². The molecule has 1 aromatic rings. The van der Waals surface area contributed by atoms with Gasteiger partial charge in [0.25, 0.3) is 0 Å². The fourth-order valence-electron chi connectivity index (χ4n) is 0.997. The van der Waals surface area contributed by atoms with Crippen molar-refractivity contribution in [3.8, 4) is 6.01 Å². The van der Waals surface area contributed by atoms with Gasteiger partial charge in [-0.1, -0.05) is 0 Å². The maximum Gasteiger partial charge on any atom is 0.416 e. The molecule has 1 unspecified atom stereocenters. The van der Waals surface area contributed by atoms with Crippen LogP contribution >= 0.6 is 0 Å². The van der Waals surface area contributed by atoms with E-state index < -0.39 is 18.8 Å². The lowest BCUT2D eigenvalue weighted by atomic mass is 10.3. The molecule has 108 valence electrons. The molecule has 0 fully saturated rings. The van der Waals surface area contributed by atoms with Gasteiger partial charge in [0.15, 0.2) is 6.10 Å². The van der Waals surface area contributed by atoms with Gasteiger partial charge in [-0.15, -0.1) is 0 Å². The number of aliphatic hydroxyl groups excluding tert-OH is 1. The molecule has 0 amide bonds. The van der Waals surface area contributed by atoms with Crippen LogP contribution in [0, 0.1) is 0 Å². The zero-order chi connectivity index (χ0) is 14.5. The van der Waals surface area contributed by atoms with Gasteiger partial charge in [-0.25, -0.2) is 5.84 Å². The van der Waals surface area contributed by atoms with Gasteiger partial charge in [0.05, 0.1) is 13.2 Å². The monoisotopic (exact) mass is 282 g/mol. The molecule has 0 aliphatic rings. The second-order valence-electron chi connectivity index (χ2n) is 3.28. The number of anilines is 2. The standard InChI is InChI=1S/C8H13F3N6O2/c1-2-19-7-15-5(14-6(16-7)17-12)13-3-4(18)8(9,10)11/h4,18H,2-3,12H2,1H3,(H2,13,14,15,16,17). The minimum atomic E-state index is -4.72. The number of nitrogens with two attached hydrogens (primary N) is 1. The van der Waals surface area contributed by atoms with Crippen LogP contribution in [-0.4, -0.2) is 45.5 Å². The van der Waals surface area contributed by atoms with Gasteiger partial charge in [0.1, 0.15) is 0 Å². The molecule has 0 spiro atoms. The Morgan fingerprint density at radius 3 is 2.47 bits per heavy atom. The number of aromatic nitrogens is 3. The third kappa shape index (κ3) is 4.71. The lowest BCUT2D eigenvalue weighted by Crippen LogP contribution is -2.35. The molecule has 0 aliphatic carbocycles. The molecule has 1 atom stereocenters. The molecule has 1 rings (SSSR count). The van der Waals surface area contributed by atoms with E-state index in [1.54, 1.807) is 6.92 Å².